The molecular formula is C15H24N2O. The number of carbonyl (C=O) groups is 1. The summed E-state index contributed by atoms with van der Waals surface area (Å²) in [6.45, 7) is 4.42. The molecule has 1 aromatic rings. The maximum atomic E-state index is 10.8. The fourth-order valence-electron chi connectivity index (χ4n) is 2.19. The van der Waals surface area contributed by atoms with Crippen LogP contribution < -0.4 is 5.73 Å². The highest BCUT2D eigenvalue weighted by atomic mass is 16.1. The number of carbonyl (C=O) groups excluding carboxylic acids is 1. The number of aromatic nitrogens is 1. The summed E-state index contributed by atoms with van der Waals surface area (Å²) < 4.78 is 0. The van der Waals surface area contributed by atoms with Gasteiger partial charge in [0.15, 0.2) is 0 Å². The maximum absolute atomic E-state index is 10.8. The Hall–Kier alpha value is -1.38. The van der Waals surface area contributed by atoms with Crippen LogP contribution in [0, 0.1) is 0 Å². The lowest BCUT2D eigenvalue weighted by Gasteiger charge is -2.14. The molecule has 3 heteroatoms. The molecule has 0 fully saturated rings. The van der Waals surface area contributed by atoms with E-state index >= 15 is 0 Å². The smallest absolute Gasteiger partial charge is 0.221 e. The third-order valence-corrected chi connectivity index (χ3v) is 3.29. The standard InChI is InChI=1S/C15H24N2O/c1-3-5-6-7-13(4-2)14-9-8-12(11-17-14)10-15(16)18/h8-9,11,13H,3-7,10H2,1-2H3,(H2,16,18). The molecule has 1 heterocycles. The average molecular weight is 248 g/mol. The zero-order chi connectivity index (χ0) is 13.4. The highest BCUT2D eigenvalue weighted by Gasteiger charge is 2.10. The van der Waals surface area contributed by atoms with Gasteiger partial charge in [0, 0.05) is 17.8 Å². The van der Waals surface area contributed by atoms with Gasteiger partial charge in [0.25, 0.3) is 0 Å². The van der Waals surface area contributed by atoms with Gasteiger partial charge in [-0.3, -0.25) is 9.78 Å². The Balaban J connectivity index is 2.60. The highest BCUT2D eigenvalue weighted by Crippen LogP contribution is 2.24. The predicted molar refractivity (Wildman–Crippen MR) is 74.3 cm³/mol. The quantitative estimate of drug-likeness (QED) is 0.718. The molecule has 0 saturated carbocycles. The Kier molecular flexibility index (Phi) is 6.40. The van der Waals surface area contributed by atoms with E-state index in [1.807, 2.05) is 12.1 Å². The van der Waals surface area contributed by atoms with Crippen molar-refractivity contribution < 1.29 is 4.79 Å². The van der Waals surface area contributed by atoms with Crippen molar-refractivity contribution in [1.29, 1.82) is 0 Å². The number of amides is 1. The molecule has 3 nitrogen and oxygen atoms in total. The minimum Gasteiger partial charge on any atom is -0.369 e. The first-order valence-corrected chi connectivity index (χ1v) is 6.90. The van der Waals surface area contributed by atoms with Crippen molar-refractivity contribution in [2.24, 2.45) is 5.73 Å². The molecule has 0 radical (unpaired) electrons. The minimum atomic E-state index is -0.306. The minimum absolute atomic E-state index is 0.278. The number of hydrogen-bond acceptors (Lipinski definition) is 2. The lowest BCUT2D eigenvalue weighted by Crippen LogP contribution is -2.14. The number of primary amides is 1. The molecule has 0 saturated heterocycles. The van der Waals surface area contributed by atoms with Crippen molar-refractivity contribution >= 4 is 5.91 Å². The molecule has 0 spiro atoms. The van der Waals surface area contributed by atoms with E-state index in [1.165, 1.54) is 25.7 Å². The largest absolute Gasteiger partial charge is 0.369 e. The first-order valence-electron chi connectivity index (χ1n) is 6.90. The molecule has 2 N–H and O–H groups in total. The molecule has 1 aromatic heterocycles. The second-order valence-corrected chi connectivity index (χ2v) is 4.84. The summed E-state index contributed by atoms with van der Waals surface area (Å²) in [6.07, 6.45) is 8.18. The van der Waals surface area contributed by atoms with E-state index in [4.69, 9.17) is 5.73 Å². The molecule has 1 rings (SSSR count). The van der Waals surface area contributed by atoms with Gasteiger partial charge < -0.3 is 5.73 Å². The number of nitrogens with zero attached hydrogens (tertiary/aromatic N) is 1. The van der Waals surface area contributed by atoms with E-state index in [0.717, 1.165) is 17.7 Å². The SMILES string of the molecule is CCCCCC(CC)c1ccc(CC(N)=O)cn1. The second kappa shape index (κ2) is 7.85. The number of nitrogens with two attached hydrogens (primary N) is 1. The summed E-state index contributed by atoms with van der Waals surface area (Å²) in [5.74, 6) is 0.235. The van der Waals surface area contributed by atoms with Gasteiger partial charge in [-0.15, -0.1) is 0 Å². The van der Waals surface area contributed by atoms with Crippen LogP contribution >= 0.6 is 0 Å². The number of pyridine rings is 1. The molecular weight excluding hydrogens is 224 g/mol. The summed E-state index contributed by atoms with van der Waals surface area (Å²) in [5.41, 5.74) is 7.20. The summed E-state index contributed by atoms with van der Waals surface area (Å²) in [7, 11) is 0. The summed E-state index contributed by atoms with van der Waals surface area (Å²) in [5, 5.41) is 0. The molecule has 0 aliphatic rings. The van der Waals surface area contributed by atoms with Gasteiger partial charge in [-0.05, 0) is 24.5 Å². The first kappa shape index (κ1) is 14.7. The van der Waals surface area contributed by atoms with E-state index in [9.17, 15) is 4.79 Å². The van der Waals surface area contributed by atoms with E-state index in [1.54, 1.807) is 6.20 Å². The van der Waals surface area contributed by atoms with Crippen molar-refractivity contribution in [3.63, 3.8) is 0 Å². The number of rotatable bonds is 8. The third-order valence-electron chi connectivity index (χ3n) is 3.29. The summed E-state index contributed by atoms with van der Waals surface area (Å²) in [4.78, 5) is 15.3. The topological polar surface area (TPSA) is 56.0 Å². The maximum Gasteiger partial charge on any atom is 0.221 e. The van der Waals surface area contributed by atoms with E-state index in [0.29, 0.717) is 5.92 Å². The van der Waals surface area contributed by atoms with E-state index in [-0.39, 0.29) is 12.3 Å². The van der Waals surface area contributed by atoms with Crippen LogP contribution in [0.2, 0.25) is 0 Å². The molecule has 0 bridgehead atoms. The van der Waals surface area contributed by atoms with Gasteiger partial charge in [-0.2, -0.15) is 0 Å². The predicted octanol–water partition coefficient (Wildman–Crippen LogP) is 3.18. The van der Waals surface area contributed by atoms with Crippen LogP contribution in [0.15, 0.2) is 18.3 Å². The van der Waals surface area contributed by atoms with Crippen LogP contribution in [0.25, 0.3) is 0 Å². The Labute approximate surface area is 110 Å². The molecule has 0 aliphatic heterocycles. The van der Waals surface area contributed by atoms with Crippen LogP contribution in [-0.2, 0) is 11.2 Å². The van der Waals surface area contributed by atoms with E-state index < -0.39 is 0 Å². The molecule has 1 atom stereocenters. The van der Waals surface area contributed by atoms with Crippen molar-refractivity contribution in [2.45, 2.75) is 58.3 Å². The van der Waals surface area contributed by atoms with Crippen molar-refractivity contribution in [3.05, 3.63) is 29.6 Å². The number of hydrogen-bond donors (Lipinski definition) is 1. The Morgan fingerprint density at radius 1 is 1.33 bits per heavy atom. The van der Waals surface area contributed by atoms with Crippen LogP contribution in [-0.4, -0.2) is 10.9 Å². The van der Waals surface area contributed by atoms with Crippen LogP contribution in [0.5, 0.6) is 0 Å². The first-order chi connectivity index (χ1) is 8.67. The van der Waals surface area contributed by atoms with Crippen LogP contribution in [0.1, 0.15) is 63.1 Å². The van der Waals surface area contributed by atoms with E-state index in [2.05, 4.69) is 18.8 Å². The zero-order valence-corrected chi connectivity index (χ0v) is 11.5. The van der Waals surface area contributed by atoms with Crippen LogP contribution in [0.4, 0.5) is 0 Å². The van der Waals surface area contributed by atoms with Crippen molar-refractivity contribution in [3.8, 4) is 0 Å². The lowest BCUT2D eigenvalue weighted by atomic mass is 9.94. The molecule has 0 aromatic carbocycles. The Bertz CT molecular complexity index is 359. The molecule has 1 amide bonds. The van der Waals surface area contributed by atoms with Gasteiger partial charge in [0.2, 0.25) is 5.91 Å². The van der Waals surface area contributed by atoms with Gasteiger partial charge in [0.05, 0.1) is 6.42 Å². The van der Waals surface area contributed by atoms with Crippen molar-refractivity contribution in [1.82, 2.24) is 4.98 Å². The monoisotopic (exact) mass is 248 g/mol. The summed E-state index contributed by atoms with van der Waals surface area (Å²) >= 11 is 0. The number of unbranched alkanes of at least 4 members (excludes halogenated alkanes) is 2. The van der Waals surface area contributed by atoms with Crippen molar-refractivity contribution in [2.75, 3.05) is 0 Å². The van der Waals surface area contributed by atoms with Gasteiger partial charge >= 0.3 is 0 Å². The van der Waals surface area contributed by atoms with Gasteiger partial charge in [0.1, 0.15) is 0 Å². The van der Waals surface area contributed by atoms with Gasteiger partial charge in [-0.25, -0.2) is 0 Å². The molecule has 0 aliphatic carbocycles. The fourth-order valence-corrected chi connectivity index (χ4v) is 2.19. The highest BCUT2D eigenvalue weighted by molar-refractivity contribution is 5.76. The zero-order valence-electron chi connectivity index (χ0n) is 11.5. The second-order valence-electron chi connectivity index (χ2n) is 4.84. The molecule has 18 heavy (non-hydrogen) atoms. The molecule has 100 valence electrons. The molecule has 1 unspecified atom stereocenters. The third kappa shape index (κ3) is 4.86. The summed E-state index contributed by atoms with van der Waals surface area (Å²) in [6, 6.07) is 4.01. The Morgan fingerprint density at radius 3 is 2.61 bits per heavy atom. The lowest BCUT2D eigenvalue weighted by molar-refractivity contribution is -0.117. The average Bonchev–Trinajstić information content (AvgIpc) is 2.35. The Morgan fingerprint density at radius 2 is 2.11 bits per heavy atom. The normalized spacial score (nSPS) is 12.3. The van der Waals surface area contributed by atoms with Crippen LogP contribution in [0.3, 0.4) is 0 Å². The van der Waals surface area contributed by atoms with Gasteiger partial charge in [-0.1, -0.05) is 39.2 Å². The fraction of sp³-hybridized carbons (Fsp3) is 0.600.